The van der Waals surface area contributed by atoms with Crippen LogP contribution in [0.15, 0.2) is 85.1 Å². The molecule has 0 bridgehead atoms. The third kappa shape index (κ3) is 3.55. The summed E-state index contributed by atoms with van der Waals surface area (Å²) in [6, 6.07) is 24.8. The van der Waals surface area contributed by atoms with Crippen LogP contribution in [0, 0.1) is 0 Å². The molecule has 1 aliphatic rings. The molecule has 0 radical (unpaired) electrons. The Morgan fingerprint density at radius 3 is 2.57 bits per heavy atom. The Kier molecular flexibility index (Phi) is 4.95. The lowest BCUT2D eigenvalue weighted by atomic mass is 9.97. The number of nitrogens with one attached hydrogen (secondary N) is 2. The van der Waals surface area contributed by atoms with E-state index >= 15 is 0 Å². The Bertz CT molecular complexity index is 1170. The molecule has 5 rings (SSSR count). The zero-order valence-electron chi connectivity index (χ0n) is 16.4. The lowest BCUT2D eigenvalue weighted by molar-refractivity contribution is 0.0818. The van der Waals surface area contributed by atoms with Crippen molar-refractivity contribution in [3.05, 3.63) is 96.2 Å². The van der Waals surface area contributed by atoms with Crippen LogP contribution in [-0.4, -0.2) is 30.0 Å². The van der Waals surface area contributed by atoms with Crippen molar-refractivity contribution < 1.29 is 14.3 Å². The summed E-state index contributed by atoms with van der Waals surface area (Å²) < 4.78 is 11.9. The molecule has 1 aliphatic heterocycles. The van der Waals surface area contributed by atoms with Crippen LogP contribution in [-0.2, 0) is 0 Å². The predicted molar refractivity (Wildman–Crippen MR) is 116 cm³/mol. The second-order valence-electron chi connectivity index (χ2n) is 7.36. The summed E-state index contributed by atoms with van der Waals surface area (Å²) in [6.45, 7) is 0.925. The van der Waals surface area contributed by atoms with Gasteiger partial charge in [0, 0.05) is 29.2 Å². The normalized spacial score (nSPS) is 16.3. The first-order chi connectivity index (χ1) is 14.8. The summed E-state index contributed by atoms with van der Waals surface area (Å²) in [5, 5.41) is 4.35. The molecule has 1 aromatic heterocycles. The molecule has 4 aromatic rings. The van der Waals surface area contributed by atoms with Crippen molar-refractivity contribution in [1.82, 2.24) is 10.3 Å². The Hall–Kier alpha value is -3.57. The highest BCUT2D eigenvalue weighted by Gasteiger charge is 2.27. The van der Waals surface area contributed by atoms with Crippen LogP contribution in [0.5, 0.6) is 11.5 Å². The molecule has 0 saturated carbocycles. The monoisotopic (exact) mass is 398 g/mol. The maximum Gasteiger partial charge on any atom is 0.186 e. The number of aromatic nitrogens is 1. The van der Waals surface area contributed by atoms with Crippen molar-refractivity contribution in [3.63, 3.8) is 0 Å². The zero-order chi connectivity index (χ0) is 20.3. The van der Waals surface area contributed by atoms with Gasteiger partial charge in [-0.25, -0.2) is 0 Å². The van der Waals surface area contributed by atoms with Crippen molar-refractivity contribution >= 4 is 16.7 Å². The number of fused-ring (bicyclic) bond motifs is 2. The van der Waals surface area contributed by atoms with Crippen LogP contribution in [0.2, 0.25) is 0 Å². The van der Waals surface area contributed by atoms with Crippen LogP contribution >= 0.6 is 0 Å². The maximum absolute atomic E-state index is 13.5. The topological polar surface area (TPSA) is 63.4 Å². The van der Waals surface area contributed by atoms with E-state index in [9.17, 15) is 4.79 Å². The number of rotatable bonds is 6. The zero-order valence-corrected chi connectivity index (χ0v) is 16.4. The number of Topliss-reactive ketones (excluding diaryl/α,β-unsaturated/α-hetero) is 1. The number of carbonyl (C=O) groups is 1. The average molecular weight is 398 g/mol. The highest BCUT2D eigenvalue weighted by atomic mass is 16.6. The fraction of sp³-hybridized carbons (Fsp3) is 0.160. The van der Waals surface area contributed by atoms with Gasteiger partial charge < -0.3 is 14.5 Å². The van der Waals surface area contributed by atoms with Gasteiger partial charge in [-0.15, -0.1) is 0 Å². The van der Waals surface area contributed by atoms with Gasteiger partial charge in [-0.3, -0.25) is 10.1 Å². The number of ether oxygens (including phenoxy) is 2. The predicted octanol–water partition coefficient (Wildman–Crippen LogP) is 4.52. The standard InChI is InChI=1S/C25H22N2O3/c28-25(20-15-26-21-11-5-4-10-19(20)21)24(17-8-2-1-3-9-17)27-14-18-16-29-22-12-6-7-13-23(22)30-18/h1-13,15,18,24,26-27H,14,16H2. The molecule has 0 spiro atoms. The highest BCUT2D eigenvalue weighted by molar-refractivity contribution is 6.10. The van der Waals surface area contributed by atoms with Gasteiger partial charge in [-0.05, 0) is 23.8 Å². The van der Waals surface area contributed by atoms with Crippen LogP contribution < -0.4 is 14.8 Å². The summed E-state index contributed by atoms with van der Waals surface area (Å²) in [7, 11) is 0. The number of aromatic amines is 1. The van der Waals surface area contributed by atoms with Crippen molar-refractivity contribution in [3.8, 4) is 11.5 Å². The average Bonchev–Trinajstić information content (AvgIpc) is 3.24. The van der Waals surface area contributed by atoms with Gasteiger partial charge in [0.2, 0.25) is 0 Å². The molecule has 0 fully saturated rings. The lowest BCUT2D eigenvalue weighted by Crippen LogP contribution is -2.41. The second-order valence-corrected chi connectivity index (χ2v) is 7.36. The van der Waals surface area contributed by atoms with Gasteiger partial charge in [-0.2, -0.15) is 0 Å². The Balaban J connectivity index is 1.39. The van der Waals surface area contributed by atoms with Crippen molar-refractivity contribution in [2.45, 2.75) is 12.1 Å². The minimum Gasteiger partial charge on any atom is -0.486 e. The molecule has 2 N–H and O–H groups in total. The van der Waals surface area contributed by atoms with Gasteiger partial charge in [0.1, 0.15) is 12.7 Å². The summed E-state index contributed by atoms with van der Waals surface area (Å²) >= 11 is 0. The van der Waals surface area contributed by atoms with Gasteiger partial charge in [-0.1, -0.05) is 60.7 Å². The number of benzene rings is 3. The van der Waals surface area contributed by atoms with Crippen LogP contribution in [0.25, 0.3) is 10.9 Å². The molecular weight excluding hydrogens is 376 g/mol. The van der Waals surface area contributed by atoms with E-state index in [0.29, 0.717) is 18.7 Å². The van der Waals surface area contributed by atoms with E-state index in [1.807, 2.05) is 78.9 Å². The summed E-state index contributed by atoms with van der Waals surface area (Å²) in [5.41, 5.74) is 2.55. The first-order valence-electron chi connectivity index (χ1n) is 10.1. The van der Waals surface area contributed by atoms with Crippen LogP contribution in [0.4, 0.5) is 0 Å². The highest BCUT2D eigenvalue weighted by Crippen LogP contribution is 2.31. The second kappa shape index (κ2) is 8.05. The molecule has 0 amide bonds. The molecular formula is C25H22N2O3. The molecule has 2 atom stereocenters. The number of ketones is 1. The van der Waals surface area contributed by atoms with E-state index in [1.54, 1.807) is 6.20 Å². The fourth-order valence-corrected chi connectivity index (χ4v) is 3.85. The largest absolute Gasteiger partial charge is 0.486 e. The van der Waals surface area contributed by atoms with Gasteiger partial charge in [0.05, 0.1) is 6.04 Å². The molecule has 2 unspecified atom stereocenters. The fourth-order valence-electron chi connectivity index (χ4n) is 3.85. The third-order valence-electron chi connectivity index (χ3n) is 5.37. The molecule has 150 valence electrons. The first-order valence-corrected chi connectivity index (χ1v) is 10.1. The quantitative estimate of drug-likeness (QED) is 0.469. The molecule has 0 saturated heterocycles. The Morgan fingerprint density at radius 1 is 0.967 bits per heavy atom. The smallest absolute Gasteiger partial charge is 0.186 e. The summed E-state index contributed by atoms with van der Waals surface area (Å²) in [5.74, 6) is 1.51. The molecule has 30 heavy (non-hydrogen) atoms. The number of hydrogen-bond donors (Lipinski definition) is 2. The SMILES string of the molecule is O=C(c1c[nH]c2ccccc12)C(NCC1COc2ccccc2O1)c1ccccc1. The molecule has 5 heteroatoms. The Morgan fingerprint density at radius 2 is 1.70 bits per heavy atom. The number of hydrogen-bond acceptors (Lipinski definition) is 4. The van der Waals surface area contributed by atoms with E-state index in [0.717, 1.165) is 28.0 Å². The molecule has 5 nitrogen and oxygen atoms in total. The van der Waals surface area contributed by atoms with E-state index in [-0.39, 0.29) is 11.9 Å². The summed E-state index contributed by atoms with van der Waals surface area (Å²) in [4.78, 5) is 16.7. The van der Waals surface area contributed by atoms with Crippen molar-refractivity contribution in [2.24, 2.45) is 0 Å². The van der Waals surface area contributed by atoms with Gasteiger partial charge >= 0.3 is 0 Å². The lowest BCUT2D eigenvalue weighted by Gasteiger charge is -2.28. The van der Waals surface area contributed by atoms with Crippen molar-refractivity contribution in [2.75, 3.05) is 13.2 Å². The van der Waals surface area contributed by atoms with Crippen LogP contribution in [0.1, 0.15) is 22.0 Å². The summed E-state index contributed by atoms with van der Waals surface area (Å²) in [6.07, 6.45) is 1.61. The van der Waals surface area contributed by atoms with E-state index < -0.39 is 6.04 Å². The molecule has 0 aliphatic carbocycles. The number of H-pyrrole nitrogens is 1. The first kappa shape index (κ1) is 18.5. The maximum atomic E-state index is 13.5. The molecule has 2 heterocycles. The minimum absolute atomic E-state index is 0.0239. The van der Waals surface area contributed by atoms with Crippen LogP contribution in [0.3, 0.4) is 0 Å². The van der Waals surface area contributed by atoms with Crippen molar-refractivity contribution in [1.29, 1.82) is 0 Å². The molecule has 3 aromatic carbocycles. The number of para-hydroxylation sites is 3. The van der Waals surface area contributed by atoms with E-state index in [1.165, 1.54) is 0 Å². The Labute approximate surface area is 174 Å². The van der Waals surface area contributed by atoms with E-state index in [4.69, 9.17) is 9.47 Å². The number of carbonyl (C=O) groups excluding carboxylic acids is 1. The third-order valence-corrected chi connectivity index (χ3v) is 5.37. The van der Waals surface area contributed by atoms with E-state index in [2.05, 4.69) is 10.3 Å². The van der Waals surface area contributed by atoms with Gasteiger partial charge in [0.15, 0.2) is 17.3 Å². The minimum atomic E-state index is -0.480. The van der Waals surface area contributed by atoms with Gasteiger partial charge in [0.25, 0.3) is 0 Å².